The van der Waals surface area contributed by atoms with Crippen LogP contribution in [-0.4, -0.2) is 33.0 Å². The molecule has 0 bridgehead atoms. The van der Waals surface area contributed by atoms with Crippen LogP contribution in [0.5, 0.6) is 0 Å². The van der Waals surface area contributed by atoms with Gasteiger partial charge in [0.25, 0.3) is 5.91 Å². The number of carbonyl (C=O) groups excluding carboxylic acids is 1. The molecule has 0 aliphatic rings. The maximum absolute atomic E-state index is 12.5. The molecule has 0 atom stereocenters. The quantitative estimate of drug-likeness (QED) is 0.632. The van der Waals surface area contributed by atoms with Gasteiger partial charge in [0.05, 0.1) is 11.8 Å². The number of carbonyl (C=O) groups is 1. The number of nitrogen functional groups attached to an aromatic ring is 1. The minimum Gasteiger partial charge on any atom is -0.399 e. The predicted molar refractivity (Wildman–Crippen MR) is 77.1 cm³/mol. The normalized spacial score (nSPS) is 10.8. The van der Waals surface area contributed by atoms with Crippen LogP contribution in [-0.2, 0) is 6.54 Å². The number of benzene rings is 1. The highest BCUT2D eigenvalue weighted by molar-refractivity contribution is 6.07. The third-order valence-electron chi connectivity index (χ3n) is 3.26. The van der Waals surface area contributed by atoms with Gasteiger partial charge in [-0.1, -0.05) is 0 Å². The Kier molecular flexibility index (Phi) is 2.90. The summed E-state index contributed by atoms with van der Waals surface area (Å²) in [4.78, 5) is 17.2. The molecule has 4 N–H and O–H groups in total. The number of anilines is 1. The van der Waals surface area contributed by atoms with E-state index in [1.54, 1.807) is 30.5 Å². The molecule has 0 unspecified atom stereocenters. The molecule has 3 rings (SSSR count). The van der Waals surface area contributed by atoms with Crippen LogP contribution in [0.4, 0.5) is 5.69 Å². The lowest BCUT2D eigenvalue weighted by atomic mass is 10.1. The number of nitrogens with zero attached hydrogens (tertiary/aromatic N) is 2. The maximum atomic E-state index is 12.5. The van der Waals surface area contributed by atoms with E-state index < -0.39 is 0 Å². The van der Waals surface area contributed by atoms with Crippen molar-refractivity contribution < 1.29 is 4.79 Å². The fraction of sp³-hybridized carbons (Fsp3) is 0.143. The molecule has 0 aliphatic heterocycles. The first kappa shape index (κ1) is 12.3. The Hall–Kier alpha value is -2.76. The summed E-state index contributed by atoms with van der Waals surface area (Å²) in [6.45, 7) is 0.504. The van der Waals surface area contributed by atoms with E-state index in [9.17, 15) is 4.79 Å². The number of aromatic amines is 2. The van der Waals surface area contributed by atoms with Crippen LogP contribution >= 0.6 is 0 Å². The molecule has 0 saturated heterocycles. The summed E-state index contributed by atoms with van der Waals surface area (Å²) in [5.74, 6) is -0.0527. The molecule has 0 spiro atoms. The summed E-state index contributed by atoms with van der Waals surface area (Å²) in [6, 6.07) is 5.49. The van der Waals surface area contributed by atoms with Crippen molar-refractivity contribution in [2.75, 3.05) is 12.8 Å². The minimum absolute atomic E-state index is 0.0527. The molecule has 6 heteroatoms. The van der Waals surface area contributed by atoms with Crippen LogP contribution in [0, 0.1) is 0 Å². The second kappa shape index (κ2) is 4.73. The molecule has 0 saturated carbocycles. The highest BCUT2D eigenvalue weighted by Gasteiger charge is 2.16. The topological polar surface area (TPSA) is 90.8 Å². The van der Waals surface area contributed by atoms with E-state index in [-0.39, 0.29) is 5.91 Å². The molecule has 1 amide bonds. The largest absolute Gasteiger partial charge is 0.399 e. The smallest absolute Gasteiger partial charge is 0.256 e. The van der Waals surface area contributed by atoms with Gasteiger partial charge >= 0.3 is 0 Å². The van der Waals surface area contributed by atoms with Crippen molar-refractivity contribution in [2.24, 2.45) is 0 Å². The summed E-state index contributed by atoms with van der Waals surface area (Å²) < 4.78 is 0. The van der Waals surface area contributed by atoms with Crippen LogP contribution in [0.15, 0.2) is 36.8 Å². The summed E-state index contributed by atoms with van der Waals surface area (Å²) in [6.07, 6.45) is 5.20. The van der Waals surface area contributed by atoms with Gasteiger partial charge in [0.1, 0.15) is 0 Å². The Labute approximate surface area is 115 Å². The Balaban J connectivity index is 1.90. The fourth-order valence-electron chi connectivity index (χ4n) is 2.23. The average Bonchev–Trinajstić information content (AvgIpc) is 3.06. The second-order valence-corrected chi connectivity index (χ2v) is 4.78. The van der Waals surface area contributed by atoms with Crippen LogP contribution in [0.1, 0.15) is 15.9 Å². The first-order valence-electron chi connectivity index (χ1n) is 6.25. The van der Waals surface area contributed by atoms with Crippen LogP contribution in [0.3, 0.4) is 0 Å². The fourth-order valence-corrected chi connectivity index (χ4v) is 2.23. The standard InChI is InChI=1S/C14H15N5O/c1-19(8-9-5-17-18-6-9)14(20)12-7-16-13-3-2-10(15)4-11(12)13/h2-7,16H,8,15H2,1H3,(H,17,18). The number of rotatable bonds is 3. The van der Waals surface area contributed by atoms with Crippen LogP contribution in [0.2, 0.25) is 0 Å². The molecule has 0 radical (unpaired) electrons. The van der Waals surface area contributed by atoms with E-state index in [2.05, 4.69) is 15.2 Å². The monoisotopic (exact) mass is 269 g/mol. The number of hydrogen-bond donors (Lipinski definition) is 3. The molecule has 20 heavy (non-hydrogen) atoms. The van der Waals surface area contributed by atoms with E-state index in [1.165, 1.54) is 0 Å². The molecular formula is C14H15N5O. The Morgan fingerprint density at radius 2 is 2.25 bits per heavy atom. The number of nitrogens with one attached hydrogen (secondary N) is 2. The van der Waals surface area contributed by atoms with Crippen LogP contribution < -0.4 is 5.73 Å². The summed E-state index contributed by atoms with van der Waals surface area (Å²) >= 11 is 0. The van der Waals surface area contributed by atoms with Crippen molar-refractivity contribution in [1.82, 2.24) is 20.1 Å². The SMILES string of the molecule is CN(Cc1cn[nH]c1)C(=O)c1c[nH]c2ccc(N)cc12. The first-order valence-corrected chi connectivity index (χ1v) is 6.25. The van der Waals surface area contributed by atoms with E-state index in [0.29, 0.717) is 17.8 Å². The highest BCUT2D eigenvalue weighted by Crippen LogP contribution is 2.22. The highest BCUT2D eigenvalue weighted by atomic mass is 16.2. The van der Waals surface area contributed by atoms with Gasteiger partial charge in [-0.15, -0.1) is 0 Å². The zero-order chi connectivity index (χ0) is 14.1. The molecule has 6 nitrogen and oxygen atoms in total. The third-order valence-corrected chi connectivity index (χ3v) is 3.26. The summed E-state index contributed by atoms with van der Waals surface area (Å²) in [5.41, 5.74) is 8.91. The first-order chi connectivity index (χ1) is 9.65. The molecule has 3 aromatic rings. The molecule has 0 aliphatic carbocycles. The molecule has 2 aromatic heterocycles. The Morgan fingerprint density at radius 3 is 3.00 bits per heavy atom. The van der Waals surface area contributed by atoms with E-state index >= 15 is 0 Å². The van der Waals surface area contributed by atoms with E-state index in [4.69, 9.17) is 5.73 Å². The van der Waals surface area contributed by atoms with Gasteiger partial charge in [0.15, 0.2) is 0 Å². The zero-order valence-electron chi connectivity index (χ0n) is 11.1. The van der Waals surface area contributed by atoms with Crippen molar-refractivity contribution in [2.45, 2.75) is 6.54 Å². The number of aromatic nitrogens is 3. The molecule has 2 heterocycles. The number of amides is 1. The van der Waals surface area contributed by atoms with Gasteiger partial charge in [-0.2, -0.15) is 5.10 Å². The molecule has 102 valence electrons. The lowest BCUT2D eigenvalue weighted by molar-refractivity contribution is 0.0787. The van der Waals surface area contributed by atoms with Crippen molar-refractivity contribution in [1.29, 1.82) is 0 Å². The van der Waals surface area contributed by atoms with Crippen molar-refractivity contribution in [3.63, 3.8) is 0 Å². The number of hydrogen-bond acceptors (Lipinski definition) is 3. The summed E-state index contributed by atoms with van der Waals surface area (Å²) in [7, 11) is 1.76. The lowest BCUT2D eigenvalue weighted by Crippen LogP contribution is -2.25. The predicted octanol–water partition coefficient (Wildman–Crippen LogP) is 1.75. The lowest BCUT2D eigenvalue weighted by Gasteiger charge is -2.15. The minimum atomic E-state index is -0.0527. The van der Waals surface area contributed by atoms with Gasteiger partial charge < -0.3 is 15.6 Å². The summed E-state index contributed by atoms with van der Waals surface area (Å²) in [5, 5.41) is 7.45. The molecule has 0 fully saturated rings. The van der Waals surface area contributed by atoms with Crippen molar-refractivity contribution in [3.05, 3.63) is 47.9 Å². The molecular weight excluding hydrogens is 254 g/mol. The van der Waals surface area contributed by atoms with Crippen molar-refractivity contribution in [3.8, 4) is 0 Å². The zero-order valence-corrected chi connectivity index (χ0v) is 11.1. The van der Waals surface area contributed by atoms with Gasteiger partial charge in [-0.05, 0) is 18.2 Å². The van der Waals surface area contributed by atoms with Gasteiger partial charge in [0.2, 0.25) is 0 Å². The van der Waals surface area contributed by atoms with Gasteiger partial charge in [-0.25, -0.2) is 0 Å². The van der Waals surface area contributed by atoms with Crippen LogP contribution in [0.25, 0.3) is 10.9 Å². The average molecular weight is 269 g/mol. The molecule has 1 aromatic carbocycles. The third kappa shape index (κ3) is 2.11. The van der Waals surface area contributed by atoms with Gasteiger partial charge in [0, 0.05) is 48.1 Å². The number of nitrogens with two attached hydrogens (primary N) is 1. The van der Waals surface area contributed by atoms with E-state index in [0.717, 1.165) is 16.5 Å². The Bertz CT molecular complexity index is 744. The maximum Gasteiger partial charge on any atom is 0.256 e. The number of fused-ring (bicyclic) bond motifs is 1. The second-order valence-electron chi connectivity index (χ2n) is 4.78. The van der Waals surface area contributed by atoms with E-state index in [1.807, 2.05) is 18.2 Å². The van der Waals surface area contributed by atoms with Gasteiger partial charge in [-0.3, -0.25) is 9.89 Å². The number of H-pyrrole nitrogens is 2. The van der Waals surface area contributed by atoms with Crippen molar-refractivity contribution >= 4 is 22.5 Å². The Morgan fingerprint density at radius 1 is 1.40 bits per heavy atom.